The van der Waals surface area contributed by atoms with Gasteiger partial charge in [0.25, 0.3) is 0 Å². The van der Waals surface area contributed by atoms with Crippen molar-refractivity contribution in [2.75, 3.05) is 12.9 Å². The summed E-state index contributed by atoms with van der Waals surface area (Å²) in [5, 5.41) is 12.3. The normalized spacial score (nSPS) is 14.5. The van der Waals surface area contributed by atoms with Crippen molar-refractivity contribution in [3.05, 3.63) is 35.9 Å². The molecular formula is C17H27NO2S. The van der Waals surface area contributed by atoms with E-state index in [4.69, 9.17) is 0 Å². The Labute approximate surface area is 132 Å². The van der Waals surface area contributed by atoms with Crippen molar-refractivity contribution >= 4 is 17.7 Å². The highest BCUT2D eigenvalue weighted by Crippen LogP contribution is 2.28. The van der Waals surface area contributed by atoms with Gasteiger partial charge < -0.3 is 10.4 Å². The Morgan fingerprint density at radius 2 is 1.95 bits per heavy atom. The average Bonchev–Trinajstić information content (AvgIpc) is 2.47. The molecule has 0 bridgehead atoms. The van der Waals surface area contributed by atoms with E-state index in [0.717, 1.165) is 6.42 Å². The fourth-order valence-corrected chi connectivity index (χ4v) is 2.94. The van der Waals surface area contributed by atoms with Gasteiger partial charge in [-0.05, 0) is 30.6 Å². The molecule has 0 aliphatic carbocycles. The van der Waals surface area contributed by atoms with Gasteiger partial charge in [0.1, 0.15) is 0 Å². The molecule has 0 saturated carbocycles. The van der Waals surface area contributed by atoms with Crippen molar-refractivity contribution in [1.82, 2.24) is 5.32 Å². The Bertz CT molecular complexity index is 430. The third-order valence-electron chi connectivity index (χ3n) is 3.96. The molecule has 2 N–H and O–H groups in total. The van der Waals surface area contributed by atoms with E-state index in [0.29, 0.717) is 6.42 Å². The summed E-state index contributed by atoms with van der Waals surface area (Å²) in [5.74, 6) is 0.0546. The molecule has 0 fully saturated rings. The maximum absolute atomic E-state index is 12.1. The molecule has 118 valence electrons. The van der Waals surface area contributed by atoms with E-state index in [-0.39, 0.29) is 29.2 Å². The van der Waals surface area contributed by atoms with E-state index in [1.165, 1.54) is 5.56 Å². The molecule has 1 aromatic carbocycles. The number of benzene rings is 1. The number of aliphatic hydroxyl groups excluding tert-OH is 1. The lowest BCUT2D eigenvalue weighted by Gasteiger charge is -2.26. The predicted molar refractivity (Wildman–Crippen MR) is 90.7 cm³/mol. The van der Waals surface area contributed by atoms with Gasteiger partial charge in [0.05, 0.1) is 6.61 Å². The van der Waals surface area contributed by atoms with E-state index in [1.807, 2.05) is 31.4 Å². The molecule has 1 rings (SSSR count). The summed E-state index contributed by atoms with van der Waals surface area (Å²) >= 11 is 1.58. The molecule has 2 atom stereocenters. The van der Waals surface area contributed by atoms with Crippen LogP contribution in [0.1, 0.15) is 39.2 Å². The molecule has 0 radical (unpaired) electrons. The number of carbonyl (C=O) groups excluding carboxylic acids is 1. The summed E-state index contributed by atoms with van der Waals surface area (Å²) in [6.07, 6.45) is 3.25. The topological polar surface area (TPSA) is 49.3 Å². The summed E-state index contributed by atoms with van der Waals surface area (Å²) in [4.78, 5) is 12.1. The average molecular weight is 309 g/mol. The van der Waals surface area contributed by atoms with Crippen molar-refractivity contribution < 1.29 is 9.90 Å². The fourth-order valence-electron chi connectivity index (χ4n) is 2.32. The van der Waals surface area contributed by atoms with Gasteiger partial charge in [-0.15, -0.1) is 0 Å². The van der Waals surface area contributed by atoms with Crippen molar-refractivity contribution in [2.45, 2.75) is 50.3 Å². The minimum Gasteiger partial charge on any atom is -0.395 e. The van der Waals surface area contributed by atoms with Gasteiger partial charge in [0.15, 0.2) is 0 Å². The number of thioether (sulfide) groups is 1. The van der Waals surface area contributed by atoms with E-state index in [1.54, 1.807) is 11.8 Å². The zero-order chi connectivity index (χ0) is 15.9. The SMILES string of the molecule is CSC(CO)C(C)NC(=O)CCC(C)(C)c1ccccc1. The smallest absolute Gasteiger partial charge is 0.220 e. The quantitative estimate of drug-likeness (QED) is 0.776. The maximum Gasteiger partial charge on any atom is 0.220 e. The highest BCUT2D eigenvalue weighted by molar-refractivity contribution is 7.99. The van der Waals surface area contributed by atoms with Gasteiger partial charge in [-0.25, -0.2) is 0 Å². The second-order valence-electron chi connectivity index (χ2n) is 6.06. The molecule has 1 aromatic rings. The first kappa shape index (κ1) is 18.1. The minimum atomic E-state index is -0.0164. The highest BCUT2D eigenvalue weighted by atomic mass is 32.2. The predicted octanol–water partition coefficient (Wildman–Crippen LogP) is 2.97. The largest absolute Gasteiger partial charge is 0.395 e. The van der Waals surface area contributed by atoms with Gasteiger partial charge in [0, 0.05) is 17.7 Å². The van der Waals surface area contributed by atoms with E-state index in [2.05, 4.69) is 31.3 Å². The van der Waals surface area contributed by atoms with Crippen LogP contribution < -0.4 is 5.32 Å². The number of hydrogen-bond acceptors (Lipinski definition) is 3. The molecule has 0 spiro atoms. The first-order chi connectivity index (χ1) is 9.90. The Hall–Kier alpha value is -1.00. The van der Waals surface area contributed by atoms with Gasteiger partial charge in [-0.1, -0.05) is 44.2 Å². The lowest BCUT2D eigenvalue weighted by Crippen LogP contribution is -2.41. The first-order valence-corrected chi connectivity index (χ1v) is 8.68. The zero-order valence-electron chi connectivity index (χ0n) is 13.4. The molecule has 0 saturated heterocycles. The Morgan fingerprint density at radius 1 is 1.33 bits per heavy atom. The number of carbonyl (C=O) groups is 1. The standard InChI is InChI=1S/C17H27NO2S/c1-13(15(12-19)21-4)18-16(20)10-11-17(2,3)14-8-6-5-7-9-14/h5-9,13,15,19H,10-12H2,1-4H3,(H,18,20). The molecule has 0 aliphatic rings. The summed E-state index contributed by atoms with van der Waals surface area (Å²) in [5.41, 5.74) is 1.24. The highest BCUT2D eigenvalue weighted by Gasteiger charge is 2.23. The zero-order valence-corrected chi connectivity index (χ0v) is 14.2. The summed E-state index contributed by atoms with van der Waals surface area (Å²) in [6.45, 7) is 6.35. The van der Waals surface area contributed by atoms with Crippen LogP contribution in [0, 0.1) is 0 Å². The van der Waals surface area contributed by atoms with Crippen LogP contribution in [-0.2, 0) is 10.2 Å². The number of hydrogen-bond donors (Lipinski definition) is 2. The Morgan fingerprint density at radius 3 is 2.48 bits per heavy atom. The van der Waals surface area contributed by atoms with Gasteiger partial charge in [-0.3, -0.25) is 4.79 Å². The molecule has 4 heteroatoms. The fraction of sp³-hybridized carbons (Fsp3) is 0.588. The molecule has 0 heterocycles. The molecular weight excluding hydrogens is 282 g/mol. The van der Waals surface area contributed by atoms with Crippen LogP contribution in [0.25, 0.3) is 0 Å². The second-order valence-corrected chi connectivity index (χ2v) is 7.14. The summed E-state index contributed by atoms with van der Waals surface area (Å²) in [7, 11) is 0. The molecule has 21 heavy (non-hydrogen) atoms. The van der Waals surface area contributed by atoms with Crippen LogP contribution in [0.15, 0.2) is 30.3 Å². The van der Waals surface area contributed by atoms with Crippen LogP contribution in [0.3, 0.4) is 0 Å². The van der Waals surface area contributed by atoms with Crippen molar-refractivity contribution in [3.63, 3.8) is 0 Å². The molecule has 3 nitrogen and oxygen atoms in total. The first-order valence-electron chi connectivity index (χ1n) is 7.39. The molecule has 0 aromatic heterocycles. The van der Waals surface area contributed by atoms with Crippen molar-refractivity contribution in [1.29, 1.82) is 0 Å². The number of amides is 1. The van der Waals surface area contributed by atoms with Crippen LogP contribution >= 0.6 is 11.8 Å². The van der Waals surface area contributed by atoms with E-state index in [9.17, 15) is 9.90 Å². The van der Waals surface area contributed by atoms with Crippen LogP contribution in [0.4, 0.5) is 0 Å². The van der Waals surface area contributed by atoms with E-state index >= 15 is 0 Å². The van der Waals surface area contributed by atoms with Crippen LogP contribution in [0.5, 0.6) is 0 Å². The van der Waals surface area contributed by atoms with Crippen LogP contribution in [-0.4, -0.2) is 35.2 Å². The van der Waals surface area contributed by atoms with Gasteiger partial charge in [-0.2, -0.15) is 11.8 Å². The number of nitrogens with one attached hydrogen (secondary N) is 1. The third-order valence-corrected chi connectivity index (χ3v) is 5.12. The minimum absolute atomic E-state index is 0.0161. The Kier molecular flexibility index (Phi) is 7.26. The van der Waals surface area contributed by atoms with E-state index < -0.39 is 0 Å². The van der Waals surface area contributed by atoms with Gasteiger partial charge >= 0.3 is 0 Å². The van der Waals surface area contributed by atoms with Crippen LogP contribution in [0.2, 0.25) is 0 Å². The van der Waals surface area contributed by atoms with Gasteiger partial charge in [0.2, 0.25) is 5.91 Å². The third kappa shape index (κ3) is 5.71. The molecule has 1 amide bonds. The van der Waals surface area contributed by atoms with Crippen molar-refractivity contribution in [3.8, 4) is 0 Å². The maximum atomic E-state index is 12.1. The number of rotatable bonds is 8. The molecule has 0 aliphatic heterocycles. The summed E-state index contributed by atoms with van der Waals surface area (Å²) in [6, 6.07) is 10.3. The lowest BCUT2D eigenvalue weighted by atomic mass is 9.80. The monoisotopic (exact) mass is 309 g/mol. The Balaban J connectivity index is 2.49. The lowest BCUT2D eigenvalue weighted by molar-refractivity contribution is -0.122. The summed E-state index contributed by atoms with van der Waals surface area (Å²) < 4.78 is 0. The van der Waals surface area contributed by atoms with Crippen molar-refractivity contribution in [2.24, 2.45) is 0 Å². The number of aliphatic hydroxyl groups is 1. The molecule has 2 unspecified atom stereocenters. The second kappa shape index (κ2) is 8.44.